The molecule has 4 nitrogen and oxygen atoms in total. The molecule has 0 N–H and O–H groups in total. The first kappa shape index (κ1) is 16.1. The lowest BCUT2D eigenvalue weighted by atomic mass is 10.0. The van der Waals surface area contributed by atoms with Crippen molar-refractivity contribution in [3.8, 4) is 5.75 Å². The molecule has 1 aliphatic rings. The number of benzene rings is 2. The number of para-hydroxylation sites is 1. The van der Waals surface area contributed by atoms with Crippen molar-refractivity contribution in [2.75, 3.05) is 12.0 Å². The molecule has 2 amide bonds. The standard InChI is InChI=1S/C17H10ClF2NO3/c1-24-13-5-3-2-4-10(13)14-15(18)17(23)21(16(14)22)12-8-9(19)6-7-11(12)20/h2-8H,1H3. The monoisotopic (exact) mass is 349 g/mol. The van der Waals surface area contributed by atoms with Crippen LogP contribution >= 0.6 is 11.6 Å². The quantitative estimate of drug-likeness (QED) is 0.797. The second-order valence-corrected chi connectivity index (χ2v) is 5.31. The van der Waals surface area contributed by atoms with Gasteiger partial charge in [-0.15, -0.1) is 0 Å². The number of amides is 2. The van der Waals surface area contributed by atoms with E-state index in [1.807, 2.05) is 0 Å². The van der Waals surface area contributed by atoms with Crippen LogP contribution in [0, 0.1) is 11.6 Å². The SMILES string of the molecule is COc1ccccc1C1=C(Cl)C(=O)N(c2cc(F)ccc2F)C1=O. The summed E-state index contributed by atoms with van der Waals surface area (Å²) in [7, 11) is 1.40. The number of halogens is 3. The summed E-state index contributed by atoms with van der Waals surface area (Å²) in [6, 6.07) is 8.95. The molecule has 2 aromatic rings. The van der Waals surface area contributed by atoms with Gasteiger partial charge in [-0.3, -0.25) is 9.59 Å². The summed E-state index contributed by atoms with van der Waals surface area (Å²) >= 11 is 6.02. The fourth-order valence-electron chi connectivity index (χ4n) is 2.46. The summed E-state index contributed by atoms with van der Waals surface area (Å²) in [5.74, 6) is -3.14. The minimum absolute atomic E-state index is 0.122. The summed E-state index contributed by atoms with van der Waals surface area (Å²) < 4.78 is 32.5. The largest absolute Gasteiger partial charge is 0.496 e. The molecule has 0 saturated carbocycles. The third kappa shape index (κ3) is 2.45. The second-order valence-electron chi connectivity index (χ2n) is 4.93. The van der Waals surface area contributed by atoms with Crippen molar-refractivity contribution in [3.05, 3.63) is 64.7 Å². The van der Waals surface area contributed by atoms with Gasteiger partial charge in [0.15, 0.2) is 0 Å². The zero-order valence-electron chi connectivity index (χ0n) is 12.3. The fourth-order valence-corrected chi connectivity index (χ4v) is 2.73. The van der Waals surface area contributed by atoms with E-state index in [0.717, 1.165) is 18.2 Å². The lowest BCUT2D eigenvalue weighted by molar-refractivity contribution is -0.119. The zero-order chi connectivity index (χ0) is 17.4. The number of rotatable bonds is 3. The fraction of sp³-hybridized carbons (Fsp3) is 0.0588. The molecule has 0 unspecified atom stereocenters. The van der Waals surface area contributed by atoms with E-state index in [-0.39, 0.29) is 10.6 Å². The smallest absolute Gasteiger partial charge is 0.277 e. The van der Waals surface area contributed by atoms with E-state index in [1.54, 1.807) is 24.3 Å². The molecular formula is C17H10ClF2NO3. The highest BCUT2D eigenvalue weighted by Gasteiger charge is 2.41. The van der Waals surface area contributed by atoms with Gasteiger partial charge < -0.3 is 4.74 Å². The van der Waals surface area contributed by atoms with Crippen molar-refractivity contribution < 1.29 is 23.1 Å². The lowest BCUT2D eigenvalue weighted by Gasteiger charge is -2.16. The molecule has 24 heavy (non-hydrogen) atoms. The van der Waals surface area contributed by atoms with Gasteiger partial charge in [-0.05, 0) is 18.2 Å². The molecule has 0 aliphatic carbocycles. The van der Waals surface area contributed by atoms with Crippen LogP contribution in [0.3, 0.4) is 0 Å². The first-order chi connectivity index (χ1) is 11.5. The van der Waals surface area contributed by atoms with E-state index >= 15 is 0 Å². The first-order valence-electron chi connectivity index (χ1n) is 6.82. The zero-order valence-corrected chi connectivity index (χ0v) is 13.1. The Balaban J connectivity index is 2.13. The van der Waals surface area contributed by atoms with Gasteiger partial charge in [0.05, 0.1) is 18.4 Å². The molecule has 7 heteroatoms. The Labute approximate surface area is 140 Å². The predicted molar refractivity (Wildman–Crippen MR) is 84.6 cm³/mol. The van der Waals surface area contributed by atoms with Gasteiger partial charge in [0.25, 0.3) is 11.8 Å². The third-order valence-corrected chi connectivity index (χ3v) is 3.90. The van der Waals surface area contributed by atoms with Crippen LogP contribution in [0.5, 0.6) is 5.75 Å². The first-order valence-corrected chi connectivity index (χ1v) is 7.20. The van der Waals surface area contributed by atoms with E-state index in [9.17, 15) is 18.4 Å². The molecule has 0 saturated heterocycles. The van der Waals surface area contributed by atoms with Gasteiger partial charge in [0.1, 0.15) is 22.4 Å². The van der Waals surface area contributed by atoms with Crippen LogP contribution in [-0.4, -0.2) is 18.9 Å². The van der Waals surface area contributed by atoms with Crippen LogP contribution in [0.4, 0.5) is 14.5 Å². The molecule has 0 atom stereocenters. The summed E-state index contributed by atoms with van der Waals surface area (Å²) in [6.45, 7) is 0. The van der Waals surface area contributed by atoms with Gasteiger partial charge in [-0.25, -0.2) is 13.7 Å². The van der Waals surface area contributed by atoms with Gasteiger partial charge >= 0.3 is 0 Å². The number of imide groups is 1. The average Bonchev–Trinajstić information content (AvgIpc) is 2.79. The lowest BCUT2D eigenvalue weighted by Crippen LogP contribution is -2.32. The van der Waals surface area contributed by atoms with Gasteiger partial charge in [0, 0.05) is 11.6 Å². The van der Waals surface area contributed by atoms with Crippen molar-refractivity contribution in [2.45, 2.75) is 0 Å². The summed E-state index contributed by atoms with van der Waals surface area (Å²) in [6.07, 6.45) is 0. The maximum atomic E-state index is 14.0. The minimum atomic E-state index is -0.924. The Morgan fingerprint density at radius 1 is 1.04 bits per heavy atom. The number of hydrogen-bond acceptors (Lipinski definition) is 3. The number of methoxy groups -OCH3 is 1. The molecule has 0 spiro atoms. The Kier molecular flexibility index (Phi) is 4.07. The van der Waals surface area contributed by atoms with Crippen LogP contribution < -0.4 is 9.64 Å². The summed E-state index contributed by atoms with van der Waals surface area (Å²) in [4.78, 5) is 25.5. The maximum Gasteiger partial charge on any atom is 0.277 e. The molecule has 1 aliphatic heterocycles. The molecule has 0 aromatic heterocycles. The van der Waals surface area contributed by atoms with Crippen molar-refractivity contribution >= 4 is 34.7 Å². The van der Waals surface area contributed by atoms with Crippen LogP contribution in [0.2, 0.25) is 0 Å². The highest BCUT2D eigenvalue weighted by molar-refractivity contribution is 6.60. The highest BCUT2D eigenvalue weighted by atomic mass is 35.5. The Morgan fingerprint density at radius 3 is 2.46 bits per heavy atom. The van der Waals surface area contributed by atoms with Gasteiger partial charge in [-0.2, -0.15) is 0 Å². The van der Waals surface area contributed by atoms with Crippen LogP contribution in [0.1, 0.15) is 5.56 Å². The summed E-state index contributed by atoms with van der Waals surface area (Å²) in [5, 5.41) is -0.381. The van der Waals surface area contributed by atoms with Gasteiger partial charge in [0.2, 0.25) is 0 Å². The topological polar surface area (TPSA) is 46.6 Å². The number of anilines is 1. The summed E-state index contributed by atoms with van der Waals surface area (Å²) in [5.41, 5.74) is -0.321. The maximum absolute atomic E-state index is 14.0. The third-order valence-electron chi connectivity index (χ3n) is 3.55. The molecule has 3 rings (SSSR count). The molecule has 2 aromatic carbocycles. The number of hydrogen-bond donors (Lipinski definition) is 0. The van der Waals surface area contributed by atoms with Crippen molar-refractivity contribution in [2.24, 2.45) is 0 Å². The molecule has 0 bridgehead atoms. The molecular weight excluding hydrogens is 340 g/mol. The van der Waals surface area contributed by atoms with E-state index in [4.69, 9.17) is 16.3 Å². The van der Waals surface area contributed by atoms with Crippen molar-refractivity contribution in [1.29, 1.82) is 0 Å². The molecule has 0 radical (unpaired) electrons. The normalized spacial score (nSPS) is 14.6. The number of carbonyl (C=O) groups excluding carboxylic acids is 2. The Hall–Kier alpha value is -2.73. The van der Waals surface area contributed by atoms with E-state index in [2.05, 4.69) is 0 Å². The number of ether oxygens (including phenoxy) is 1. The van der Waals surface area contributed by atoms with E-state index in [1.165, 1.54) is 7.11 Å². The number of carbonyl (C=O) groups is 2. The van der Waals surface area contributed by atoms with Crippen LogP contribution in [0.25, 0.3) is 5.57 Å². The van der Waals surface area contributed by atoms with Crippen molar-refractivity contribution in [1.82, 2.24) is 0 Å². The second kappa shape index (κ2) is 6.05. The number of nitrogens with zero attached hydrogens (tertiary/aromatic N) is 1. The Morgan fingerprint density at radius 2 is 1.75 bits per heavy atom. The predicted octanol–water partition coefficient (Wildman–Crippen LogP) is 3.50. The highest BCUT2D eigenvalue weighted by Crippen LogP contribution is 2.39. The molecule has 122 valence electrons. The Bertz CT molecular complexity index is 895. The van der Waals surface area contributed by atoms with Crippen LogP contribution in [0.15, 0.2) is 47.5 Å². The minimum Gasteiger partial charge on any atom is -0.496 e. The van der Waals surface area contributed by atoms with E-state index < -0.39 is 29.1 Å². The average molecular weight is 350 g/mol. The van der Waals surface area contributed by atoms with Gasteiger partial charge in [-0.1, -0.05) is 29.8 Å². The van der Waals surface area contributed by atoms with E-state index in [0.29, 0.717) is 16.2 Å². The van der Waals surface area contributed by atoms with Crippen LogP contribution in [-0.2, 0) is 9.59 Å². The van der Waals surface area contributed by atoms with Crippen molar-refractivity contribution in [3.63, 3.8) is 0 Å². The molecule has 0 fully saturated rings. The molecule has 1 heterocycles.